The number of imide groups is 1. The monoisotopic (exact) mass is 365 g/mol. The minimum Gasteiger partial charge on any atom is -0.324 e. The second kappa shape index (κ2) is 5.90. The van der Waals surface area contributed by atoms with Gasteiger partial charge in [0.2, 0.25) is 0 Å². The lowest BCUT2D eigenvalue weighted by Gasteiger charge is -2.14. The van der Waals surface area contributed by atoms with Crippen LogP contribution in [-0.2, 0) is 11.9 Å². The molecular weight excluding hydrogens is 350 g/mol. The van der Waals surface area contributed by atoms with Gasteiger partial charge in [0.15, 0.2) is 5.82 Å². The number of imidazole rings is 1. The largest absolute Gasteiger partial charge is 0.369 e. The van der Waals surface area contributed by atoms with E-state index in [1.807, 2.05) is 0 Å². The van der Waals surface area contributed by atoms with Gasteiger partial charge in [-0.15, -0.1) is 0 Å². The molecule has 0 N–H and O–H groups in total. The second-order valence-corrected chi connectivity index (χ2v) is 6.08. The minimum atomic E-state index is -0.849. The van der Waals surface area contributed by atoms with Gasteiger partial charge in [0.25, 0.3) is 11.8 Å². The summed E-state index contributed by atoms with van der Waals surface area (Å²) in [6.45, 7) is 3.43. The smallest absolute Gasteiger partial charge is 0.324 e. The number of carbonyl (C=O) groups is 3. The molecule has 2 amide bonds. The summed E-state index contributed by atoms with van der Waals surface area (Å²) >= 11 is 0. The SMILES string of the molecule is Cc1nn(C)c(-n2ccnc2C)c1C(=O)ON1C(=O)c2ccccc2C1=O. The van der Waals surface area contributed by atoms with Crippen LogP contribution in [0.5, 0.6) is 0 Å². The van der Waals surface area contributed by atoms with Crippen LogP contribution in [0.4, 0.5) is 0 Å². The second-order valence-electron chi connectivity index (χ2n) is 6.08. The maximum atomic E-state index is 12.8. The number of amides is 2. The van der Waals surface area contributed by atoms with Crippen LogP contribution in [0.1, 0.15) is 42.6 Å². The molecule has 9 heteroatoms. The Kier molecular flexibility index (Phi) is 3.65. The first-order chi connectivity index (χ1) is 12.9. The van der Waals surface area contributed by atoms with Crippen LogP contribution in [0.3, 0.4) is 0 Å². The van der Waals surface area contributed by atoms with Crippen molar-refractivity contribution in [3.05, 3.63) is 64.9 Å². The standard InChI is InChI=1S/C18H15N5O4/c1-10-14(15(21(3)20-10)22-9-8-19-11(22)2)18(26)27-23-16(24)12-6-4-5-7-13(12)17(23)25/h4-9H,1-3H3. The Morgan fingerprint density at radius 1 is 1.07 bits per heavy atom. The molecule has 136 valence electrons. The van der Waals surface area contributed by atoms with Gasteiger partial charge in [-0.25, -0.2) is 9.78 Å². The van der Waals surface area contributed by atoms with Crippen molar-refractivity contribution >= 4 is 17.8 Å². The summed E-state index contributed by atoms with van der Waals surface area (Å²) in [6.07, 6.45) is 3.28. The number of fused-ring (bicyclic) bond motifs is 1. The van der Waals surface area contributed by atoms with Gasteiger partial charge in [-0.05, 0) is 26.0 Å². The first kappa shape index (κ1) is 16.7. The molecule has 1 aliphatic heterocycles. The third-order valence-corrected chi connectivity index (χ3v) is 4.38. The van der Waals surface area contributed by atoms with Gasteiger partial charge in [0.1, 0.15) is 11.4 Å². The molecule has 2 aromatic heterocycles. The van der Waals surface area contributed by atoms with Gasteiger partial charge in [0.05, 0.1) is 16.8 Å². The zero-order chi connectivity index (χ0) is 19.3. The lowest BCUT2D eigenvalue weighted by atomic mass is 10.1. The van der Waals surface area contributed by atoms with Gasteiger partial charge in [0, 0.05) is 19.4 Å². The summed E-state index contributed by atoms with van der Waals surface area (Å²) in [4.78, 5) is 47.0. The lowest BCUT2D eigenvalue weighted by Crippen LogP contribution is -2.33. The normalized spacial score (nSPS) is 13.2. The van der Waals surface area contributed by atoms with E-state index >= 15 is 0 Å². The average Bonchev–Trinajstić information content (AvgIpc) is 3.26. The summed E-state index contributed by atoms with van der Waals surface area (Å²) in [5.41, 5.74) is 0.949. The van der Waals surface area contributed by atoms with E-state index < -0.39 is 17.8 Å². The van der Waals surface area contributed by atoms with Gasteiger partial charge in [-0.2, -0.15) is 5.10 Å². The van der Waals surface area contributed by atoms with Crippen LogP contribution in [0.15, 0.2) is 36.7 Å². The maximum absolute atomic E-state index is 12.8. The highest BCUT2D eigenvalue weighted by molar-refractivity contribution is 6.21. The fourth-order valence-corrected chi connectivity index (χ4v) is 3.14. The van der Waals surface area contributed by atoms with Crippen molar-refractivity contribution in [2.24, 2.45) is 7.05 Å². The molecule has 0 aliphatic carbocycles. The van der Waals surface area contributed by atoms with E-state index in [4.69, 9.17) is 4.84 Å². The topological polar surface area (TPSA) is 99.3 Å². The Hall–Kier alpha value is -3.75. The fourth-order valence-electron chi connectivity index (χ4n) is 3.14. The van der Waals surface area contributed by atoms with Crippen molar-refractivity contribution < 1.29 is 19.2 Å². The highest BCUT2D eigenvalue weighted by atomic mass is 16.7. The molecule has 3 aromatic rings. The molecule has 4 rings (SSSR count). The third kappa shape index (κ3) is 2.43. The van der Waals surface area contributed by atoms with Crippen molar-refractivity contribution in [1.29, 1.82) is 0 Å². The van der Waals surface area contributed by atoms with Crippen LogP contribution >= 0.6 is 0 Å². The molecule has 0 atom stereocenters. The Balaban J connectivity index is 1.71. The number of aryl methyl sites for hydroxylation is 3. The summed E-state index contributed by atoms with van der Waals surface area (Å²) in [6, 6.07) is 6.30. The van der Waals surface area contributed by atoms with Crippen molar-refractivity contribution in [2.75, 3.05) is 0 Å². The zero-order valence-electron chi connectivity index (χ0n) is 14.8. The molecule has 0 fully saturated rings. The third-order valence-electron chi connectivity index (χ3n) is 4.38. The Bertz CT molecular complexity index is 1080. The van der Waals surface area contributed by atoms with E-state index in [2.05, 4.69) is 10.1 Å². The molecule has 0 spiro atoms. The van der Waals surface area contributed by atoms with E-state index in [0.717, 1.165) is 0 Å². The van der Waals surface area contributed by atoms with Crippen molar-refractivity contribution in [3.63, 3.8) is 0 Å². The quantitative estimate of drug-likeness (QED) is 0.654. The van der Waals surface area contributed by atoms with E-state index in [0.29, 0.717) is 22.4 Å². The summed E-state index contributed by atoms with van der Waals surface area (Å²) in [7, 11) is 1.68. The Morgan fingerprint density at radius 3 is 2.26 bits per heavy atom. The molecule has 0 radical (unpaired) electrons. The number of rotatable bonds is 3. The van der Waals surface area contributed by atoms with Crippen molar-refractivity contribution in [1.82, 2.24) is 24.4 Å². The number of hydrogen-bond acceptors (Lipinski definition) is 6. The molecule has 9 nitrogen and oxygen atoms in total. The number of nitrogens with zero attached hydrogens (tertiary/aromatic N) is 5. The molecule has 0 bridgehead atoms. The van der Waals surface area contributed by atoms with E-state index in [9.17, 15) is 14.4 Å². The molecule has 0 saturated heterocycles. The molecule has 0 saturated carbocycles. The number of carbonyl (C=O) groups excluding carboxylic acids is 3. The summed E-state index contributed by atoms with van der Waals surface area (Å²) in [5, 5.41) is 4.75. The molecule has 0 unspecified atom stereocenters. The van der Waals surface area contributed by atoms with Gasteiger partial charge >= 0.3 is 5.97 Å². The van der Waals surface area contributed by atoms with Gasteiger partial charge in [-0.1, -0.05) is 17.2 Å². The highest BCUT2D eigenvalue weighted by Gasteiger charge is 2.39. The Labute approximate surface area is 153 Å². The molecule has 3 heterocycles. The van der Waals surface area contributed by atoms with Crippen molar-refractivity contribution in [3.8, 4) is 5.82 Å². The average molecular weight is 365 g/mol. The highest BCUT2D eigenvalue weighted by Crippen LogP contribution is 2.25. The number of hydrogen-bond donors (Lipinski definition) is 0. The lowest BCUT2D eigenvalue weighted by molar-refractivity contribution is -0.0585. The number of benzene rings is 1. The summed E-state index contributed by atoms with van der Waals surface area (Å²) in [5.74, 6) is -1.12. The zero-order valence-corrected chi connectivity index (χ0v) is 14.8. The van der Waals surface area contributed by atoms with Crippen molar-refractivity contribution in [2.45, 2.75) is 13.8 Å². The number of hydroxylamine groups is 2. The van der Waals surface area contributed by atoms with E-state index in [1.165, 1.54) is 16.8 Å². The van der Waals surface area contributed by atoms with Gasteiger partial charge < -0.3 is 4.84 Å². The molecule has 1 aliphatic rings. The van der Waals surface area contributed by atoms with Crippen LogP contribution < -0.4 is 0 Å². The molecule has 27 heavy (non-hydrogen) atoms. The molecule has 1 aromatic carbocycles. The van der Waals surface area contributed by atoms with Crippen LogP contribution in [0.2, 0.25) is 0 Å². The van der Waals surface area contributed by atoms with E-state index in [1.54, 1.807) is 50.0 Å². The predicted octanol–water partition coefficient (Wildman–Crippen LogP) is 1.59. The first-order valence-electron chi connectivity index (χ1n) is 8.14. The minimum absolute atomic E-state index is 0.148. The van der Waals surface area contributed by atoms with Gasteiger partial charge in [-0.3, -0.25) is 18.8 Å². The first-order valence-corrected chi connectivity index (χ1v) is 8.14. The fraction of sp³-hybridized carbons (Fsp3) is 0.167. The van der Waals surface area contributed by atoms with Crippen LogP contribution in [0, 0.1) is 13.8 Å². The van der Waals surface area contributed by atoms with Crippen LogP contribution in [-0.4, -0.2) is 42.2 Å². The Morgan fingerprint density at radius 2 is 1.70 bits per heavy atom. The number of aromatic nitrogens is 4. The van der Waals surface area contributed by atoms with Crippen LogP contribution in [0.25, 0.3) is 5.82 Å². The summed E-state index contributed by atoms with van der Waals surface area (Å²) < 4.78 is 3.20. The maximum Gasteiger partial charge on any atom is 0.369 e. The molecular formula is C18H15N5O4. The predicted molar refractivity (Wildman–Crippen MR) is 92.2 cm³/mol. The van der Waals surface area contributed by atoms with E-state index in [-0.39, 0.29) is 16.7 Å².